The number of aromatic hydroxyl groups is 1. The molecule has 0 unspecified atom stereocenters. The molecule has 0 atom stereocenters. The number of benzene rings is 1. The highest BCUT2D eigenvalue weighted by Gasteiger charge is 2.31. The summed E-state index contributed by atoms with van der Waals surface area (Å²) in [5.74, 6) is -0.249. The second-order valence-corrected chi connectivity index (χ2v) is 8.09. The molecule has 0 spiro atoms. The predicted octanol–water partition coefficient (Wildman–Crippen LogP) is 1.74. The van der Waals surface area contributed by atoms with Gasteiger partial charge in [-0.25, -0.2) is 9.79 Å². The van der Waals surface area contributed by atoms with Crippen molar-refractivity contribution in [2.75, 3.05) is 5.32 Å². The molecule has 1 aromatic carbocycles. The quantitative estimate of drug-likeness (QED) is 0.335. The second-order valence-electron chi connectivity index (χ2n) is 7.69. The van der Waals surface area contributed by atoms with E-state index in [1.165, 1.54) is 22.9 Å². The molecule has 0 bridgehead atoms. The minimum absolute atomic E-state index is 0.0686. The number of hydrogen-bond acceptors (Lipinski definition) is 7. The normalized spacial score (nSPS) is 15.4. The summed E-state index contributed by atoms with van der Waals surface area (Å²) in [7, 11) is 0. The number of alkyl halides is 3. The van der Waals surface area contributed by atoms with Crippen molar-refractivity contribution >= 4 is 29.3 Å². The number of hydrogen-bond donors (Lipinski definition) is 4. The maximum atomic E-state index is 13.1. The number of rotatable bonds is 5. The third-order valence-electron chi connectivity index (χ3n) is 5.07. The largest absolute Gasteiger partial charge is 0.493 e. The van der Waals surface area contributed by atoms with E-state index in [-0.39, 0.29) is 46.3 Å². The summed E-state index contributed by atoms with van der Waals surface area (Å²) >= 11 is 6.09. The lowest BCUT2D eigenvalue weighted by atomic mass is 10.1. The molecule has 0 amide bonds. The van der Waals surface area contributed by atoms with Crippen LogP contribution >= 0.6 is 11.6 Å². The van der Waals surface area contributed by atoms with Crippen LogP contribution in [0.25, 0.3) is 11.7 Å². The van der Waals surface area contributed by atoms with Crippen molar-refractivity contribution in [3.05, 3.63) is 67.6 Å². The van der Waals surface area contributed by atoms with Gasteiger partial charge in [0.15, 0.2) is 5.65 Å². The molecule has 1 aliphatic carbocycles. The summed E-state index contributed by atoms with van der Waals surface area (Å²) in [4.78, 5) is 29.4. The van der Waals surface area contributed by atoms with Crippen molar-refractivity contribution in [3.8, 4) is 5.88 Å². The highest BCUT2D eigenvalue weighted by atomic mass is 35.5. The van der Waals surface area contributed by atoms with E-state index in [1.54, 1.807) is 0 Å². The second kappa shape index (κ2) is 8.17. The molecule has 1 saturated carbocycles. The van der Waals surface area contributed by atoms with E-state index in [2.05, 4.69) is 35.3 Å². The van der Waals surface area contributed by atoms with E-state index < -0.39 is 17.4 Å². The van der Waals surface area contributed by atoms with E-state index in [4.69, 9.17) is 11.6 Å². The molecule has 3 aromatic heterocycles. The Balaban J connectivity index is 1.56. The van der Waals surface area contributed by atoms with Gasteiger partial charge in [-0.2, -0.15) is 32.8 Å². The Morgan fingerprint density at radius 1 is 1.29 bits per heavy atom. The molecule has 10 nitrogen and oxygen atoms in total. The van der Waals surface area contributed by atoms with Gasteiger partial charge in [-0.05, 0) is 42.7 Å². The summed E-state index contributed by atoms with van der Waals surface area (Å²) in [6.07, 6.45) is 0.253. The summed E-state index contributed by atoms with van der Waals surface area (Å²) in [5.41, 5.74) is -0.479. The van der Waals surface area contributed by atoms with E-state index in [9.17, 15) is 23.1 Å². The Hall–Kier alpha value is -3.87. The van der Waals surface area contributed by atoms with E-state index in [0.717, 1.165) is 25.0 Å². The first-order chi connectivity index (χ1) is 16.2. The Morgan fingerprint density at radius 3 is 2.76 bits per heavy atom. The van der Waals surface area contributed by atoms with Crippen molar-refractivity contribution in [1.29, 1.82) is 0 Å². The Labute approximate surface area is 192 Å². The van der Waals surface area contributed by atoms with E-state index in [0.29, 0.717) is 10.9 Å². The zero-order valence-electron chi connectivity index (χ0n) is 17.2. The van der Waals surface area contributed by atoms with E-state index in [1.807, 2.05) is 0 Å². The van der Waals surface area contributed by atoms with Crippen LogP contribution in [-0.4, -0.2) is 40.7 Å². The number of nitrogens with one attached hydrogen (secondary N) is 3. The average Bonchev–Trinajstić information content (AvgIpc) is 3.40. The van der Waals surface area contributed by atoms with Crippen LogP contribution in [0.4, 0.5) is 19.1 Å². The molecule has 5 rings (SSSR count). The number of halogens is 4. The molecule has 14 heteroatoms. The van der Waals surface area contributed by atoms with Gasteiger partial charge in [-0.3, -0.25) is 4.98 Å². The zero-order valence-corrected chi connectivity index (χ0v) is 17.9. The fraction of sp³-hybridized carbons (Fsp3) is 0.250. The fourth-order valence-electron chi connectivity index (χ4n) is 3.22. The Bertz CT molecular complexity index is 1570. The maximum Gasteiger partial charge on any atom is 0.416 e. The zero-order chi connectivity index (χ0) is 24.0. The molecule has 0 radical (unpaired) electrons. The minimum atomic E-state index is -4.50. The molecular weight excluding hydrogens is 477 g/mol. The van der Waals surface area contributed by atoms with Gasteiger partial charge in [0.25, 0.3) is 5.62 Å². The molecular formula is C20H16ClF3N8O2. The first-order valence-corrected chi connectivity index (χ1v) is 10.5. The monoisotopic (exact) mass is 492 g/mol. The Kier molecular flexibility index (Phi) is 5.27. The minimum Gasteiger partial charge on any atom is -0.493 e. The number of H-pyrrole nitrogens is 2. The number of aromatic amines is 2. The fourth-order valence-corrected chi connectivity index (χ4v) is 3.40. The van der Waals surface area contributed by atoms with Crippen LogP contribution in [-0.2, 0) is 12.7 Å². The Morgan fingerprint density at radius 2 is 2.09 bits per heavy atom. The van der Waals surface area contributed by atoms with Crippen molar-refractivity contribution in [2.45, 2.75) is 31.6 Å². The molecule has 0 aliphatic heterocycles. The highest BCUT2D eigenvalue weighted by Crippen LogP contribution is 2.32. The topological polar surface area (TPSA) is 136 Å². The van der Waals surface area contributed by atoms with Crippen LogP contribution in [0.3, 0.4) is 0 Å². The lowest BCUT2D eigenvalue weighted by Gasteiger charge is -2.11. The molecule has 34 heavy (non-hydrogen) atoms. The lowest BCUT2D eigenvalue weighted by molar-refractivity contribution is -0.137. The molecule has 1 fully saturated rings. The van der Waals surface area contributed by atoms with Gasteiger partial charge in [0.2, 0.25) is 11.8 Å². The maximum absolute atomic E-state index is 13.1. The number of anilines is 1. The third-order valence-corrected chi connectivity index (χ3v) is 5.44. The molecule has 4 aromatic rings. The van der Waals surface area contributed by atoms with E-state index >= 15 is 0 Å². The van der Waals surface area contributed by atoms with Crippen LogP contribution < -0.4 is 21.8 Å². The van der Waals surface area contributed by atoms with Crippen molar-refractivity contribution in [2.24, 2.45) is 4.99 Å². The third kappa shape index (κ3) is 4.46. The van der Waals surface area contributed by atoms with Gasteiger partial charge >= 0.3 is 11.9 Å². The van der Waals surface area contributed by atoms with Crippen molar-refractivity contribution in [3.63, 3.8) is 0 Å². The standard InChI is InChI=1S/C20H16ClF3N8O2/c21-13-4-1-11(20(22,23)24)5-9(13)7-25-17-29-15-10(6-14-16(33)30-19(34)28-14)8-26-32(15)18(31-17)27-12-2-3-12/h1,4-6,8,12,33H,2-3,7H2,(H,25,27,31)(H2,28,30,34)/b10-6+. The molecule has 3 heterocycles. The predicted molar refractivity (Wildman–Crippen MR) is 115 cm³/mol. The number of imidazole rings is 1. The molecule has 0 saturated heterocycles. The SMILES string of the molecule is O=c1[nH]c(O)c(/C=c2\cnn3c(=NC4CC4)nc(NCc4cc(C(F)(F)F)ccc4Cl)nc23)[nH]1. The van der Waals surface area contributed by atoms with Crippen LogP contribution in [0.15, 0.2) is 34.2 Å². The van der Waals surface area contributed by atoms with Gasteiger partial charge in [-0.1, -0.05) is 11.6 Å². The molecule has 1 aliphatic rings. The van der Waals surface area contributed by atoms with Gasteiger partial charge in [0.1, 0.15) is 5.69 Å². The van der Waals surface area contributed by atoms with Gasteiger partial charge in [0, 0.05) is 16.8 Å². The van der Waals surface area contributed by atoms with Gasteiger partial charge in [-0.15, -0.1) is 0 Å². The number of nitrogens with zero attached hydrogens (tertiary/aromatic N) is 5. The van der Waals surface area contributed by atoms with Gasteiger partial charge in [0.05, 0.1) is 17.8 Å². The summed E-state index contributed by atoms with van der Waals surface area (Å²) in [6.45, 7) is -0.0686. The van der Waals surface area contributed by atoms with Crippen molar-refractivity contribution < 1.29 is 18.3 Å². The van der Waals surface area contributed by atoms with Crippen LogP contribution in [0.1, 0.15) is 29.7 Å². The highest BCUT2D eigenvalue weighted by molar-refractivity contribution is 6.31. The first kappa shape index (κ1) is 21.9. The number of fused-ring (bicyclic) bond motifs is 1. The van der Waals surface area contributed by atoms with Crippen LogP contribution in [0.5, 0.6) is 5.88 Å². The number of aromatic nitrogens is 6. The van der Waals surface area contributed by atoms with Crippen molar-refractivity contribution in [1.82, 2.24) is 29.5 Å². The molecule has 176 valence electrons. The van der Waals surface area contributed by atoms with Gasteiger partial charge < -0.3 is 15.4 Å². The van der Waals surface area contributed by atoms with Crippen LogP contribution in [0.2, 0.25) is 5.02 Å². The summed E-state index contributed by atoms with van der Waals surface area (Å²) in [6, 6.07) is 3.17. The summed E-state index contributed by atoms with van der Waals surface area (Å²) < 4.78 is 40.6. The lowest BCUT2D eigenvalue weighted by Crippen LogP contribution is -2.24. The molecule has 4 N–H and O–H groups in total. The average molecular weight is 493 g/mol. The van der Waals surface area contributed by atoms with Crippen LogP contribution in [0, 0.1) is 0 Å². The summed E-state index contributed by atoms with van der Waals surface area (Å²) in [5, 5.41) is 17.6. The first-order valence-electron chi connectivity index (χ1n) is 10.1. The smallest absolute Gasteiger partial charge is 0.416 e.